The number of methoxy groups -OCH3 is 2. The first-order chi connectivity index (χ1) is 19.1. The van der Waals surface area contributed by atoms with Crippen LogP contribution < -0.4 is 18.9 Å². The first kappa shape index (κ1) is 30.5. The minimum atomic E-state index is -0.568. The van der Waals surface area contributed by atoms with Crippen molar-refractivity contribution in [3.63, 3.8) is 0 Å². The highest BCUT2D eigenvalue weighted by molar-refractivity contribution is 6.30. The largest absolute Gasteiger partial charge is 0.496 e. The molecule has 0 radical (unpaired) electrons. The van der Waals surface area contributed by atoms with Gasteiger partial charge in [-0.05, 0) is 81.5 Å². The average molecular weight is 568 g/mol. The van der Waals surface area contributed by atoms with Gasteiger partial charge in [0.15, 0.2) is 11.5 Å². The van der Waals surface area contributed by atoms with Gasteiger partial charge in [-0.3, -0.25) is 0 Å². The van der Waals surface area contributed by atoms with Gasteiger partial charge in [-0.25, -0.2) is 4.79 Å². The van der Waals surface area contributed by atoms with Crippen LogP contribution in [0.2, 0.25) is 5.02 Å². The molecule has 0 saturated heterocycles. The van der Waals surface area contributed by atoms with E-state index in [1.807, 2.05) is 39.0 Å². The Kier molecular flexibility index (Phi) is 10.5. The molecule has 0 saturated carbocycles. The van der Waals surface area contributed by atoms with Gasteiger partial charge in [0.2, 0.25) is 0 Å². The van der Waals surface area contributed by atoms with Crippen LogP contribution in [0.3, 0.4) is 0 Å². The number of carbonyl (C=O) groups excluding carboxylic acids is 1. The molecule has 10 heteroatoms. The van der Waals surface area contributed by atoms with Crippen molar-refractivity contribution in [3.8, 4) is 28.7 Å². The molecule has 0 unspecified atom stereocenters. The summed E-state index contributed by atoms with van der Waals surface area (Å²) in [5.74, 6) is 1.81. The van der Waals surface area contributed by atoms with Gasteiger partial charge in [0.05, 0.1) is 20.8 Å². The summed E-state index contributed by atoms with van der Waals surface area (Å²) >= 11 is 6.03. The number of carbonyl (C=O) groups is 1. The van der Waals surface area contributed by atoms with Gasteiger partial charge in [0.1, 0.15) is 29.4 Å². The highest BCUT2D eigenvalue weighted by Crippen LogP contribution is 2.48. The molecule has 3 aromatic rings. The van der Waals surface area contributed by atoms with Gasteiger partial charge in [-0.2, -0.15) is 0 Å². The molecule has 40 heavy (non-hydrogen) atoms. The van der Waals surface area contributed by atoms with Crippen molar-refractivity contribution in [3.05, 3.63) is 84.7 Å². The lowest BCUT2D eigenvalue weighted by Crippen LogP contribution is -2.13. The van der Waals surface area contributed by atoms with Crippen molar-refractivity contribution in [1.29, 1.82) is 0 Å². The summed E-state index contributed by atoms with van der Waals surface area (Å²) in [6.45, 7) is 10.1. The van der Waals surface area contributed by atoms with E-state index in [4.69, 9.17) is 40.8 Å². The molecule has 0 aromatic heterocycles. The van der Waals surface area contributed by atoms with E-state index in [1.165, 1.54) is 7.11 Å². The highest BCUT2D eigenvalue weighted by atomic mass is 35.5. The fourth-order valence-electron chi connectivity index (χ4n) is 4.28. The lowest BCUT2D eigenvalue weighted by atomic mass is 10.00. The predicted molar refractivity (Wildman–Crippen MR) is 154 cm³/mol. The molecule has 0 fully saturated rings. The van der Waals surface area contributed by atoms with Crippen LogP contribution in [0, 0.1) is 34.6 Å². The minimum Gasteiger partial charge on any atom is -0.496 e. The van der Waals surface area contributed by atoms with Crippen LogP contribution in [-0.4, -0.2) is 33.3 Å². The number of azide groups is 1. The zero-order valence-corrected chi connectivity index (χ0v) is 24.6. The Morgan fingerprint density at radius 3 is 2.23 bits per heavy atom. The van der Waals surface area contributed by atoms with E-state index in [-0.39, 0.29) is 25.3 Å². The number of aryl methyl sites for hydroxylation is 1. The van der Waals surface area contributed by atoms with Gasteiger partial charge in [-0.15, -0.1) is 0 Å². The highest BCUT2D eigenvalue weighted by Gasteiger charge is 2.29. The molecule has 0 spiro atoms. The third-order valence-electron chi connectivity index (χ3n) is 6.64. The van der Waals surface area contributed by atoms with Gasteiger partial charge in [-0.1, -0.05) is 28.8 Å². The maximum Gasteiger partial charge on any atom is 0.342 e. The number of nitrogens with zero attached hydrogens (tertiary/aromatic N) is 3. The number of ether oxygens (including phenoxy) is 5. The van der Waals surface area contributed by atoms with Crippen molar-refractivity contribution in [2.45, 2.75) is 47.6 Å². The van der Waals surface area contributed by atoms with E-state index in [0.717, 1.165) is 22.3 Å². The molecule has 3 rings (SSSR count). The molecule has 0 aliphatic carbocycles. The molecule has 0 amide bonds. The van der Waals surface area contributed by atoms with Crippen LogP contribution in [0.5, 0.6) is 28.7 Å². The average Bonchev–Trinajstić information content (AvgIpc) is 2.95. The van der Waals surface area contributed by atoms with Crippen LogP contribution in [0.15, 0.2) is 35.4 Å². The van der Waals surface area contributed by atoms with Crippen LogP contribution >= 0.6 is 11.6 Å². The zero-order valence-electron chi connectivity index (χ0n) is 23.9. The molecule has 9 nitrogen and oxygen atoms in total. The van der Waals surface area contributed by atoms with Gasteiger partial charge >= 0.3 is 5.97 Å². The van der Waals surface area contributed by atoms with E-state index in [0.29, 0.717) is 51.3 Å². The summed E-state index contributed by atoms with van der Waals surface area (Å²) in [5, 5.41) is 4.19. The molecule has 0 aliphatic heterocycles. The monoisotopic (exact) mass is 567 g/mol. The van der Waals surface area contributed by atoms with Crippen LogP contribution in [0.1, 0.15) is 50.2 Å². The van der Waals surface area contributed by atoms with E-state index >= 15 is 0 Å². The standard InChI is InChI=1S/C30H34ClN3O6/c1-17-15-24(36-6)19(3)26(18(17)2)40-29-20(4)25(30(35)37-7)27(39-16-22-9-11-23(31)12-10-22)21(5)28(29)38-14-8-13-33-34-32/h9-12,15H,8,13-14,16H2,1-7H3. The maximum atomic E-state index is 13.1. The normalized spacial score (nSPS) is 10.5. The molecular weight excluding hydrogens is 534 g/mol. The molecule has 0 heterocycles. The second kappa shape index (κ2) is 13.8. The van der Waals surface area contributed by atoms with Crippen molar-refractivity contribution in [1.82, 2.24) is 0 Å². The van der Waals surface area contributed by atoms with E-state index in [2.05, 4.69) is 10.0 Å². The van der Waals surface area contributed by atoms with E-state index in [9.17, 15) is 4.79 Å². The summed E-state index contributed by atoms with van der Waals surface area (Å²) < 4.78 is 29.8. The van der Waals surface area contributed by atoms with Crippen molar-refractivity contribution < 1.29 is 28.5 Å². The van der Waals surface area contributed by atoms with Gasteiger partial charge in [0, 0.05) is 33.2 Å². The number of hydrogen-bond acceptors (Lipinski definition) is 7. The van der Waals surface area contributed by atoms with Gasteiger partial charge in [0.25, 0.3) is 0 Å². The van der Waals surface area contributed by atoms with Crippen molar-refractivity contribution >= 4 is 17.6 Å². The molecule has 0 atom stereocenters. The molecule has 3 aromatic carbocycles. The third kappa shape index (κ3) is 6.73. The second-order valence-electron chi connectivity index (χ2n) is 9.25. The first-order valence-corrected chi connectivity index (χ1v) is 13.1. The fourth-order valence-corrected chi connectivity index (χ4v) is 4.41. The topological polar surface area (TPSA) is 112 Å². The van der Waals surface area contributed by atoms with Crippen molar-refractivity contribution in [2.24, 2.45) is 5.11 Å². The summed E-state index contributed by atoms with van der Waals surface area (Å²) in [6.07, 6.45) is 0.484. The molecular formula is C30H34ClN3O6. The summed E-state index contributed by atoms with van der Waals surface area (Å²) in [5.41, 5.74) is 13.5. The number of hydrogen-bond donors (Lipinski definition) is 0. The van der Waals surface area contributed by atoms with Gasteiger partial charge < -0.3 is 23.7 Å². The SMILES string of the molecule is COC(=O)c1c(C)c(Oc2c(C)c(C)cc(OC)c2C)c(OCCCN=[N+]=[N-])c(C)c1OCc1ccc(Cl)cc1. The molecule has 0 N–H and O–H groups in total. The quantitative estimate of drug-likeness (QED) is 0.0717. The predicted octanol–water partition coefficient (Wildman–Crippen LogP) is 8.13. The molecule has 212 valence electrons. The number of esters is 1. The lowest BCUT2D eigenvalue weighted by molar-refractivity contribution is 0.0593. The zero-order chi connectivity index (χ0) is 29.4. The lowest BCUT2D eigenvalue weighted by Gasteiger charge is -2.24. The number of rotatable bonds is 12. The second-order valence-corrected chi connectivity index (χ2v) is 9.69. The smallest absolute Gasteiger partial charge is 0.342 e. The Balaban J connectivity index is 2.19. The maximum absolute atomic E-state index is 13.1. The Hall–Kier alpha value is -4.07. The number of benzene rings is 3. The Bertz CT molecular complexity index is 1430. The molecule has 0 aliphatic rings. The van der Waals surface area contributed by atoms with E-state index < -0.39 is 5.97 Å². The number of halogens is 1. The Labute approximate surface area is 239 Å². The van der Waals surface area contributed by atoms with Crippen LogP contribution in [-0.2, 0) is 11.3 Å². The first-order valence-electron chi connectivity index (χ1n) is 12.7. The van der Waals surface area contributed by atoms with Crippen LogP contribution in [0.4, 0.5) is 0 Å². The fraction of sp³-hybridized carbons (Fsp3) is 0.367. The summed E-state index contributed by atoms with van der Waals surface area (Å²) in [6, 6.07) is 9.20. The molecule has 0 bridgehead atoms. The summed E-state index contributed by atoms with van der Waals surface area (Å²) in [4.78, 5) is 15.9. The van der Waals surface area contributed by atoms with Crippen molar-refractivity contribution in [2.75, 3.05) is 27.4 Å². The third-order valence-corrected chi connectivity index (χ3v) is 6.89. The Morgan fingerprint density at radius 2 is 1.60 bits per heavy atom. The van der Waals surface area contributed by atoms with Crippen LogP contribution in [0.25, 0.3) is 10.4 Å². The Morgan fingerprint density at radius 1 is 0.900 bits per heavy atom. The summed E-state index contributed by atoms with van der Waals surface area (Å²) in [7, 11) is 2.93. The minimum absolute atomic E-state index is 0.186. The van der Waals surface area contributed by atoms with E-state index in [1.54, 1.807) is 33.1 Å².